The minimum Gasteiger partial charge on any atom is -0.317 e. The van der Waals surface area contributed by atoms with Gasteiger partial charge in [0, 0.05) is 22.9 Å². The summed E-state index contributed by atoms with van der Waals surface area (Å²) in [5, 5.41) is 4.45. The number of fused-ring (bicyclic) bond motifs is 1. The number of carbonyl (C=O) groups is 2. The van der Waals surface area contributed by atoms with Gasteiger partial charge in [-0.2, -0.15) is 0 Å². The molecule has 3 rings (SSSR count). The van der Waals surface area contributed by atoms with Gasteiger partial charge in [-0.25, -0.2) is 4.79 Å². The Hall–Kier alpha value is -2.37. The fraction of sp³-hybridized carbons (Fsp3) is 0.211. The summed E-state index contributed by atoms with van der Waals surface area (Å²) in [6.07, 6.45) is 0.656. The predicted molar refractivity (Wildman–Crippen MR) is 102 cm³/mol. The van der Waals surface area contributed by atoms with E-state index in [1.165, 1.54) is 0 Å². The first-order valence-corrected chi connectivity index (χ1v) is 9.01. The van der Waals surface area contributed by atoms with Gasteiger partial charge in [0.05, 0.1) is 12.2 Å². The lowest BCUT2D eigenvalue weighted by molar-refractivity contribution is -0.143. The Morgan fingerprint density at radius 2 is 1.85 bits per heavy atom. The largest absolute Gasteiger partial charge is 0.335 e. The number of oxime groups is 1. The van der Waals surface area contributed by atoms with E-state index in [9.17, 15) is 9.59 Å². The van der Waals surface area contributed by atoms with Crippen molar-refractivity contribution < 1.29 is 14.4 Å². The monoisotopic (exact) mass is 390 g/mol. The third-order valence-electron chi connectivity index (χ3n) is 3.90. The lowest BCUT2D eigenvalue weighted by Crippen LogP contribution is -2.29. The van der Waals surface area contributed by atoms with Crippen LogP contribution in [0.4, 0.5) is 5.69 Å². The Morgan fingerprint density at radius 1 is 1.12 bits per heavy atom. The average molecular weight is 391 g/mol. The van der Waals surface area contributed by atoms with Crippen molar-refractivity contribution in [2.24, 2.45) is 5.16 Å². The van der Waals surface area contributed by atoms with Crippen LogP contribution in [0.2, 0.25) is 5.02 Å². The maximum Gasteiger partial charge on any atom is 0.335 e. The Bertz CT molecular complexity index is 850. The van der Waals surface area contributed by atoms with Crippen molar-refractivity contribution in [3.8, 4) is 0 Å². The highest BCUT2D eigenvalue weighted by molar-refractivity contribution is 6.54. The summed E-state index contributed by atoms with van der Waals surface area (Å²) in [5.41, 5.74) is 2.41. The first-order valence-electron chi connectivity index (χ1n) is 8.09. The van der Waals surface area contributed by atoms with Gasteiger partial charge in [0.15, 0.2) is 5.71 Å². The number of para-hydroxylation sites is 1. The highest BCUT2D eigenvalue weighted by Gasteiger charge is 2.34. The van der Waals surface area contributed by atoms with Crippen LogP contribution < -0.4 is 4.90 Å². The fourth-order valence-electron chi connectivity index (χ4n) is 2.63. The summed E-state index contributed by atoms with van der Waals surface area (Å²) < 4.78 is 0. The molecule has 0 saturated carbocycles. The van der Waals surface area contributed by atoms with Crippen LogP contribution in [0.25, 0.3) is 0 Å². The number of hydrogen-bond donors (Lipinski definition) is 0. The lowest BCUT2D eigenvalue weighted by Gasteiger charge is -2.16. The van der Waals surface area contributed by atoms with Crippen LogP contribution in [0.15, 0.2) is 53.7 Å². The first kappa shape index (κ1) is 18.4. The van der Waals surface area contributed by atoms with Crippen LogP contribution >= 0.6 is 23.2 Å². The molecule has 0 atom stereocenters. The van der Waals surface area contributed by atoms with Crippen LogP contribution in [-0.4, -0.2) is 23.5 Å². The van der Waals surface area contributed by atoms with Gasteiger partial charge in [0.2, 0.25) is 0 Å². The van der Waals surface area contributed by atoms with E-state index in [0.717, 1.165) is 11.3 Å². The third-order valence-corrected chi connectivity index (χ3v) is 4.42. The topological polar surface area (TPSA) is 59.0 Å². The number of carbonyl (C=O) groups excluding carboxylic acids is 2. The maximum atomic E-state index is 12.8. The van der Waals surface area contributed by atoms with E-state index in [2.05, 4.69) is 5.16 Å². The second kappa shape index (κ2) is 8.34. The maximum absolute atomic E-state index is 12.8. The Morgan fingerprint density at radius 3 is 2.58 bits per heavy atom. The third kappa shape index (κ3) is 4.06. The van der Waals surface area contributed by atoms with Crippen LogP contribution in [-0.2, 0) is 21.0 Å². The predicted octanol–water partition coefficient (Wildman–Crippen LogP) is 4.15. The summed E-state index contributed by atoms with van der Waals surface area (Å²) in [6, 6.07) is 14.5. The number of anilines is 1. The van der Waals surface area contributed by atoms with E-state index in [4.69, 9.17) is 28.0 Å². The van der Waals surface area contributed by atoms with Gasteiger partial charge in [-0.3, -0.25) is 4.79 Å². The van der Waals surface area contributed by atoms with Crippen LogP contribution in [0.1, 0.15) is 24.0 Å². The molecule has 134 valence electrons. The first-order chi connectivity index (χ1) is 12.6. The van der Waals surface area contributed by atoms with E-state index < -0.39 is 5.97 Å². The molecular weight excluding hydrogens is 375 g/mol. The molecule has 1 aliphatic rings. The molecule has 26 heavy (non-hydrogen) atoms. The highest BCUT2D eigenvalue weighted by Crippen LogP contribution is 2.30. The summed E-state index contributed by atoms with van der Waals surface area (Å²) in [7, 11) is 0. The molecule has 1 aliphatic heterocycles. The lowest BCUT2D eigenvalue weighted by atomic mass is 10.1. The Balaban J connectivity index is 1.83. The smallest absolute Gasteiger partial charge is 0.317 e. The number of halogens is 2. The molecule has 5 nitrogen and oxygen atoms in total. The number of rotatable bonds is 6. The number of hydrogen-bond acceptors (Lipinski definition) is 4. The highest BCUT2D eigenvalue weighted by atomic mass is 35.5. The molecule has 2 aromatic rings. The van der Waals surface area contributed by atoms with Crippen molar-refractivity contribution >= 4 is 46.5 Å². The second-order valence-electron chi connectivity index (χ2n) is 5.73. The van der Waals surface area contributed by atoms with Gasteiger partial charge < -0.3 is 9.74 Å². The second-order valence-corrected chi connectivity index (χ2v) is 6.55. The summed E-state index contributed by atoms with van der Waals surface area (Å²) >= 11 is 11.5. The van der Waals surface area contributed by atoms with Gasteiger partial charge in [-0.05, 0) is 30.2 Å². The van der Waals surface area contributed by atoms with Crippen LogP contribution in [0.3, 0.4) is 0 Å². The molecule has 0 saturated heterocycles. The van der Waals surface area contributed by atoms with Crippen molar-refractivity contribution in [2.45, 2.75) is 19.4 Å². The van der Waals surface area contributed by atoms with Crippen molar-refractivity contribution in [3.05, 3.63) is 64.7 Å². The summed E-state index contributed by atoms with van der Waals surface area (Å²) in [6.45, 7) is 0.367. The number of benzene rings is 2. The normalized spacial score (nSPS) is 14.6. The van der Waals surface area contributed by atoms with Gasteiger partial charge in [-0.1, -0.05) is 47.1 Å². The molecule has 0 aromatic heterocycles. The summed E-state index contributed by atoms with van der Waals surface area (Å²) in [5.74, 6) is -0.464. The molecule has 0 spiro atoms. The molecule has 1 amide bonds. The SMILES string of the molecule is O=C(CCCCl)ON=C1C(=O)N(Cc2ccc(Cl)cc2)c2ccccc21. The Labute approximate surface area is 161 Å². The molecular formula is C19H16Cl2N2O3. The fourth-order valence-corrected chi connectivity index (χ4v) is 2.89. The zero-order chi connectivity index (χ0) is 18.5. The molecule has 2 aromatic carbocycles. The van der Waals surface area contributed by atoms with Gasteiger partial charge in [0.25, 0.3) is 5.91 Å². The number of nitrogens with zero attached hydrogens (tertiary/aromatic N) is 2. The number of amides is 1. The molecule has 0 unspecified atom stereocenters. The van der Waals surface area contributed by atoms with Gasteiger partial charge in [-0.15, -0.1) is 11.6 Å². The van der Waals surface area contributed by atoms with E-state index in [0.29, 0.717) is 29.4 Å². The van der Waals surface area contributed by atoms with Crippen molar-refractivity contribution in [3.63, 3.8) is 0 Å². The van der Waals surface area contributed by atoms with Gasteiger partial charge >= 0.3 is 5.97 Å². The molecule has 0 aliphatic carbocycles. The van der Waals surface area contributed by atoms with Crippen LogP contribution in [0, 0.1) is 0 Å². The zero-order valence-corrected chi connectivity index (χ0v) is 15.3. The van der Waals surface area contributed by atoms with Gasteiger partial charge in [0.1, 0.15) is 0 Å². The minimum atomic E-state index is -0.514. The molecule has 7 heteroatoms. The summed E-state index contributed by atoms with van der Waals surface area (Å²) in [4.78, 5) is 31.0. The standard InChI is InChI=1S/C19H16Cl2N2O3/c20-11-3-6-17(24)26-22-18-15-4-1-2-5-16(15)23(19(18)25)12-13-7-9-14(21)10-8-13/h1-2,4-5,7-10H,3,6,11-12H2. The molecule has 0 fully saturated rings. The minimum absolute atomic E-state index is 0.119. The number of alkyl halides is 1. The molecule has 0 N–H and O–H groups in total. The molecule has 0 radical (unpaired) electrons. The van der Waals surface area contributed by atoms with Crippen molar-refractivity contribution in [1.29, 1.82) is 0 Å². The quantitative estimate of drug-likeness (QED) is 0.422. The van der Waals surface area contributed by atoms with Crippen LogP contribution in [0.5, 0.6) is 0 Å². The van der Waals surface area contributed by atoms with E-state index in [1.54, 1.807) is 23.1 Å². The van der Waals surface area contributed by atoms with E-state index in [1.807, 2.05) is 30.3 Å². The molecule has 0 bridgehead atoms. The Kier molecular flexibility index (Phi) is 5.91. The zero-order valence-electron chi connectivity index (χ0n) is 13.8. The van der Waals surface area contributed by atoms with Crippen molar-refractivity contribution in [2.75, 3.05) is 10.8 Å². The van der Waals surface area contributed by atoms with Crippen molar-refractivity contribution in [1.82, 2.24) is 0 Å². The van der Waals surface area contributed by atoms with E-state index >= 15 is 0 Å². The molecule has 1 heterocycles. The van der Waals surface area contributed by atoms with E-state index in [-0.39, 0.29) is 18.0 Å². The average Bonchev–Trinajstić information content (AvgIpc) is 2.91.